The van der Waals surface area contributed by atoms with Crippen molar-refractivity contribution in [2.45, 2.75) is 19.3 Å². The van der Waals surface area contributed by atoms with Gasteiger partial charge in [0.2, 0.25) is 5.91 Å². The van der Waals surface area contributed by atoms with Gasteiger partial charge in [-0.1, -0.05) is 0 Å². The van der Waals surface area contributed by atoms with E-state index in [0.717, 1.165) is 12.8 Å². The zero-order valence-electron chi connectivity index (χ0n) is 11.0. The van der Waals surface area contributed by atoms with E-state index in [9.17, 15) is 18.0 Å². The van der Waals surface area contributed by atoms with Crippen molar-refractivity contribution in [2.24, 2.45) is 22.9 Å². The second-order valence-electron chi connectivity index (χ2n) is 5.47. The molecule has 20 heavy (non-hydrogen) atoms. The summed E-state index contributed by atoms with van der Waals surface area (Å²) in [6.07, 6.45) is 2.01. The average molecular weight is 305 g/mol. The van der Waals surface area contributed by atoms with E-state index in [1.54, 1.807) is 4.90 Å². The molecule has 114 valence electrons. The molecule has 0 bridgehead atoms. The molecule has 9 heteroatoms. The van der Waals surface area contributed by atoms with Gasteiger partial charge in [-0.2, -0.15) is 8.42 Å². The highest BCUT2D eigenvalue weighted by molar-refractivity contribution is 7.87. The molecule has 1 aliphatic carbocycles. The van der Waals surface area contributed by atoms with Gasteiger partial charge in [0.25, 0.3) is 10.2 Å². The summed E-state index contributed by atoms with van der Waals surface area (Å²) in [5, 5.41) is 13.7. The summed E-state index contributed by atoms with van der Waals surface area (Å²) in [5.41, 5.74) is 0. The minimum atomic E-state index is -3.72. The quantitative estimate of drug-likeness (QED) is 0.583. The number of nitrogens with one attached hydrogen (secondary N) is 1. The number of likely N-dealkylation sites (tertiary alicyclic amines) is 1. The summed E-state index contributed by atoms with van der Waals surface area (Å²) >= 11 is 0. The van der Waals surface area contributed by atoms with Crippen molar-refractivity contribution in [3.63, 3.8) is 0 Å². The smallest absolute Gasteiger partial charge is 0.307 e. The van der Waals surface area contributed by atoms with Crippen LogP contribution in [0.4, 0.5) is 0 Å². The summed E-state index contributed by atoms with van der Waals surface area (Å²) in [6, 6.07) is 0. The van der Waals surface area contributed by atoms with E-state index >= 15 is 0 Å². The van der Waals surface area contributed by atoms with Crippen molar-refractivity contribution >= 4 is 22.1 Å². The fourth-order valence-electron chi connectivity index (χ4n) is 2.64. The van der Waals surface area contributed by atoms with Gasteiger partial charge in [-0.15, -0.1) is 0 Å². The van der Waals surface area contributed by atoms with E-state index in [1.807, 2.05) is 0 Å². The van der Waals surface area contributed by atoms with Crippen LogP contribution in [0.2, 0.25) is 0 Å². The lowest BCUT2D eigenvalue weighted by atomic mass is 9.98. The number of nitrogens with two attached hydrogens (primary N) is 1. The molecule has 2 aliphatic rings. The summed E-state index contributed by atoms with van der Waals surface area (Å²) in [7, 11) is -3.72. The van der Waals surface area contributed by atoms with Crippen molar-refractivity contribution < 1.29 is 23.1 Å². The van der Waals surface area contributed by atoms with Crippen LogP contribution in [0.5, 0.6) is 0 Å². The minimum absolute atomic E-state index is 0.0213. The van der Waals surface area contributed by atoms with Gasteiger partial charge in [0.15, 0.2) is 0 Å². The molecule has 2 fully saturated rings. The Morgan fingerprint density at radius 2 is 2.05 bits per heavy atom. The van der Waals surface area contributed by atoms with Crippen LogP contribution in [-0.4, -0.2) is 49.9 Å². The molecule has 1 saturated carbocycles. The van der Waals surface area contributed by atoms with E-state index in [4.69, 9.17) is 10.2 Å². The lowest BCUT2D eigenvalue weighted by Gasteiger charge is -2.33. The van der Waals surface area contributed by atoms with E-state index in [0.29, 0.717) is 19.5 Å². The van der Waals surface area contributed by atoms with Crippen LogP contribution in [0.3, 0.4) is 0 Å². The highest BCUT2D eigenvalue weighted by Gasteiger charge is 2.50. The van der Waals surface area contributed by atoms with Crippen molar-refractivity contribution in [1.82, 2.24) is 9.62 Å². The van der Waals surface area contributed by atoms with E-state index in [-0.39, 0.29) is 18.4 Å². The predicted octanol–water partition coefficient (Wildman–Crippen LogP) is -1.26. The molecule has 1 amide bonds. The number of piperidine rings is 1. The largest absolute Gasteiger partial charge is 0.481 e. The molecular weight excluding hydrogens is 286 g/mol. The Labute approximate surface area is 117 Å². The summed E-state index contributed by atoms with van der Waals surface area (Å²) in [4.78, 5) is 24.5. The van der Waals surface area contributed by atoms with Crippen LogP contribution in [0.25, 0.3) is 0 Å². The van der Waals surface area contributed by atoms with E-state index < -0.39 is 28.0 Å². The summed E-state index contributed by atoms with van der Waals surface area (Å²) in [6.45, 7) is 1.26. The standard InChI is InChI=1S/C11H19N3O5S/c12-20(18,19)13-5-7-2-1-3-14(6-7)10(15)8-4-9(8)11(16)17/h7-9,13H,1-6H2,(H,16,17)(H2,12,18,19)/t7?,8-,9+/m1/s1. The van der Waals surface area contributed by atoms with Gasteiger partial charge in [-0.05, 0) is 25.2 Å². The molecule has 0 radical (unpaired) electrons. The third-order valence-corrected chi connectivity index (χ3v) is 4.40. The molecule has 2 rings (SSSR count). The maximum atomic E-state index is 12.1. The first kappa shape index (κ1) is 15.2. The van der Waals surface area contributed by atoms with Gasteiger partial charge in [-0.25, -0.2) is 9.86 Å². The van der Waals surface area contributed by atoms with Gasteiger partial charge < -0.3 is 10.0 Å². The topological polar surface area (TPSA) is 130 Å². The first-order chi connectivity index (χ1) is 9.28. The highest BCUT2D eigenvalue weighted by atomic mass is 32.2. The Hall–Kier alpha value is -1.19. The number of nitrogens with zero attached hydrogens (tertiary/aromatic N) is 1. The molecule has 0 aromatic heterocycles. The van der Waals surface area contributed by atoms with Gasteiger partial charge >= 0.3 is 5.97 Å². The van der Waals surface area contributed by atoms with Gasteiger partial charge in [0, 0.05) is 19.6 Å². The number of carboxylic acids is 1. The monoisotopic (exact) mass is 305 g/mol. The first-order valence-electron chi connectivity index (χ1n) is 6.57. The SMILES string of the molecule is NS(=O)(=O)NCC1CCCN(C(=O)[C@@H]2C[C@@H]2C(=O)O)C1. The average Bonchev–Trinajstić information content (AvgIpc) is 3.15. The lowest BCUT2D eigenvalue weighted by Crippen LogP contribution is -2.45. The Balaban J connectivity index is 1.84. The molecule has 1 saturated heterocycles. The molecule has 8 nitrogen and oxygen atoms in total. The Kier molecular flexibility index (Phi) is 4.31. The number of carbonyl (C=O) groups is 2. The zero-order chi connectivity index (χ0) is 14.9. The fraction of sp³-hybridized carbons (Fsp3) is 0.818. The molecule has 4 N–H and O–H groups in total. The van der Waals surface area contributed by atoms with Crippen LogP contribution in [0.15, 0.2) is 0 Å². The van der Waals surface area contributed by atoms with Crippen molar-refractivity contribution in [1.29, 1.82) is 0 Å². The summed E-state index contributed by atoms with van der Waals surface area (Å²) < 4.78 is 23.9. The number of carbonyl (C=O) groups excluding carboxylic acids is 1. The molecule has 0 spiro atoms. The van der Waals surface area contributed by atoms with Crippen LogP contribution in [-0.2, 0) is 19.8 Å². The number of carboxylic acid groups (broad SMARTS) is 1. The Morgan fingerprint density at radius 3 is 2.60 bits per heavy atom. The van der Waals surface area contributed by atoms with Crippen molar-refractivity contribution in [3.05, 3.63) is 0 Å². The second kappa shape index (κ2) is 5.66. The van der Waals surface area contributed by atoms with Crippen molar-refractivity contribution in [2.75, 3.05) is 19.6 Å². The number of hydrogen-bond donors (Lipinski definition) is 3. The molecule has 1 aliphatic heterocycles. The summed E-state index contributed by atoms with van der Waals surface area (Å²) in [5.74, 6) is -1.98. The number of rotatable bonds is 5. The third kappa shape index (κ3) is 3.90. The fourth-order valence-corrected chi connectivity index (χ4v) is 3.11. The Morgan fingerprint density at radius 1 is 1.35 bits per heavy atom. The first-order valence-corrected chi connectivity index (χ1v) is 8.11. The third-order valence-electron chi connectivity index (χ3n) is 3.83. The number of hydrogen-bond acceptors (Lipinski definition) is 4. The minimum Gasteiger partial charge on any atom is -0.481 e. The van der Waals surface area contributed by atoms with E-state index in [2.05, 4.69) is 4.72 Å². The van der Waals surface area contributed by atoms with E-state index in [1.165, 1.54) is 0 Å². The second-order valence-corrected chi connectivity index (χ2v) is 6.85. The predicted molar refractivity (Wildman–Crippen MR) is 69.6 cm³/mol. The van der Waals surface area contributed by atoms with Crippen LogP contribution in [0.1, 0.15) is 19.3 Å². The zero-order valence-corrected chi connectivity index (χ0v) is 11.8. The van der Waals surface area contributed by atoms with Gasteiger partial charge in [-0.3, -0.25) is 9.59 Å². The molecule has 3 atom stereocenters. The maximum Gasteiger partial charge on any atom is 0.307 e. The van der Waals surface area contributed by atoms with Crippen molar-refractivity contribution in [3.8, 4) is 0 Å². The number of aliphatic carboxylic acids is 1. The highest BCUT2D eigenvalue weighted by Crippen LogP contribution is 2.40. The molecule has 1 unspecified atom stereocenters. The number of amides is 1. The molecule has 1 heterocycles. The van der Waals surface area contributed by atoms with Crippen LogP contribution >= 0.6 is 0 Å². The Bertz CT molecular complexity index is 506. The maximum absolute atomic E-state index is 12.1. The van der Waals surface area contributed by atoms with Crippen LogP contribution in [0, 0.1) is 17.8 Å². The molecule has 0 aromatic carbocycles. The molecule has 0 aromatic rings. The normalized spacial score (nSPS) is 30.1. The lowest BCUT2D eigenvalue weighted by molar-refractivity contribution is -0.142. The van der Waals surface area contributed by atoms with Gasteiger partial charge in [0.05, 0.1) is 11.8 Å². The molecular formula is C11H19N3O5S. The van der Waals surface area contributed by atoms with Crippen LogP contribution < -0.4 is 9.86 Å². The van der Waals surface area contributed by atoms with Gasteiger partial charge in [0.1, 0.15) is 0 Å².